The predicted octanol–water partition coefficient (Wildman–Crippen LogP) is 1.81. The predicted molar refractivity (Wildman–Crippen MR) is 107 cm³/mol. The molecule has 29 heavy (non-hydrogen) atoms. The minimum atomic E-state index is -3.50. The van der Waals surface area contributed by atoms with Crippen LogP contribution >= 0.6 is 0 Å². The molecule has 0 bridgehead atoms. The van der Waals surface area contributed by atoms with Gasteiger partial charge in [0, 0.05) is 50.3 Å². The Hall–Kier alpha value is -2.46. The van der Waals surface area contributed by atoms with Crippen molar-refractivity contribution in [2.75, 3.05) is 32.8 Å². The van der Waals surface area contributed by atoms with Gasteiger partial charge in [-0.15, -0.1) is 0 Å². The molecule has 2 fully saturated rings. The number of sulfonamides is 1. The van der Waals surface area contributed by atoms with Crippen LogP contribution in [0.4, 0.5) is 4.79 Å². The van der Waals surface area contributed by atoms with E-state index in [1.165, 1.54) is 28.6 Å². The number of amides is 2. The fraction of sp³-hybridized carbons (Fsp3) is 0.526. The largest absolute Gasteiger partial charge is 0.450 e. The molecule has 0 unspecified atom stereocenters. The van der Waals surface area contributed by atoms with E-state index < -0.39 is 15.9 Å². The number of benzene rings is 1. The molecule has 0 saturated carbocycles. The number of nitrogens with one attached hydrogen (secondary N) is 1. The van der Waals surface area contributed by atoms with E-state index in [4.69, 9.17) is 4.74 Å². The highest BCUT2D eigenvalue weighted by Gasteiger charge is 2.27. The lowest BCUT2D eigenvalue weighted by atomic mass is 10.1. The molecule has 2 aliphatic heterocycles. The summed E-state index contributed by atoms with van der Waals surface area (Å²) in [6.07, 6.45) is 2.53. The third-order valence-electron chi connectivity index (χ3n) is 5.00. The van der Waals surface area contributed by atoms with E-state index >= 15 is 0 Å². The Labute approximate surface area is 170 Å². The summed E-state index contributed by atoms with van der Waals surface area (Å²) in [5.74, 6) is -0.407. The molecule has 0 aromatic heterocycles. The van der Waals surface area contributed by atoms with Gasteiger partial charge in [0.15, 0.2) is 0 Å². The first-order chi connectivity index (χ1) is 13.9. The molecule has 10 heteroatoms. The summed E-state index contributed by atoms with van der Waals surface area (Å²) in [5.41, 5.74) is 3.64. The zero-order valence-electron chi connectivity index (χ0n) is 16.5. The van der Waals surface area contributed by atoms with Crippen molar-refractivity contribution in [1.82, 2.24) is 14.6 Å². The number of hydrogen-bond donors (Lipinski definition) is 1. The highest BCUT2D eigenvalue weighted by Crippen LogP contribution is 2.21. The lowest BCUT2D eigenvalue weighted by Gasteiger charge is -2.26. The van der Waals surface area contributed by atoms with Crippen molar-refractivity contribution in [3.63, 3.8) is 0 Å². The van der Waals surface area contributed by atoms with Gasteiger partial charge >= 0.3 is 6.09 Å². The maximum atomic E-state index is 12.5. The van der Waals surface area contributed by atoms with Crippen LogP contribution in [0.2, 0.25) is 0 Å². The maximum Gasteiger partial charge on any atom is 0.409 e. The molecule has 1 N–H and O–H groups in total. The molecular weight excluding hydrogens is 396 g/mol. The van der Waals surface area contributed by atoms with E-state index in [1.54, 1.807) is 11.8 Å². The maximum absolute atomic E-state index is 12.5. The van der Waals surface area contributed by atoms with Gasteiger partial charge in [-0.25, -0.2) is 18.6 Å². The number of hydrazone groups is 1. The molecule has 1 aromatic carbocycles. The van der Waals surface area contributed by atoms with Crippen LogP contribution in [0.1, 0.15) is 43.0 Å². The number of carbonyl (C=O) groups is 2. The van der Waals surface area contributed by atoms with Crippen molar-refractivity contribution in [3.8, 4) is 0 Å². The molecule has 9 nitrogen and oxygen atoms in total. The molecule has 0 radical (unpaired) electrons. The number of carbonyl (C=O) groups excluding carboxylic acids is 2. The van der Waals surface area contributed by atoms with E-state index in [-0.39, 0.29) is 11.0 Å². The quantitative estimate of drug-likeness (QED) is 0.728. The number of likely N-dealkylation sites (tertiary alicyclic amines) is 1. The van der Waals surface area contributed by atoms with E-state index in [2.05, 4.69) is 10.5 Å². The standard InChI is InChI=1S/C19H26N4O5S/c1-2-28-19(25)22-13-9-16(10-14-22)20-21-18(24)15-5-7-17(8-6-15)29(26,27)23-11-3-4-12-23/h5-8H,2-4,9-14H2,1H3,(H,21,24). The molecule has 0 atom stereocenters. The second-order valence-electron chi connectivity index (χ2n) is 6.94. The first kappa shape index (κ1) is 21.3. The van der Waals surface area contributed by atoms with Crippen molar-refractivity contribution in [2.24, 2.45) is 5.10 Å². The number of ether oxygens (including phenoxy) is 1. The van der Waals surface area contributed by atoms with E-state index in [0.29, 0.717) is 51.2 Å². The van der Waals surface area contributed by atoms with Crippen molar-refractivity contribution in [3.05, 3.63) is 29.8 Å². The third-order valence-corrected chi connectivity index (χ3v) is 6.91. The van der Waals surface area contributed by atoms with Crippen molar-refractivity contribution >= 4 is 27.7 Å². The van der Waals surface area contributed by atoms with Crippen LogP contribution in [0, 0.1) is 0 Å². The molecule has 3 rings (SSSR count). The van der Waals surface area contributed by atoms with Gasteiger partial charge in [0.2, 0.25) is 10.0 Å². The van der Waals surface area contributed by atoms with Gasteiger partial charge < -0.3 is 9.64 Å². The van der Waals surface area contributed by atoms with Crippen molar-refractivity contribution < 1.29 is 22.7 Å². The first-order valence-corrected chi connectivity index (χ1v) is 11.2. The van der Waals surface area contributed by atoms with Gasteiger partial charge in [0.05, 0.1) is 11.5 Å². The van der Waals surface area contributed by atoms with Crippen LogP contribution in [-0.4, -0.2) is 68.1 Å². The molecule has 2 amide bonds. The number of nitrogens with zero attached hydrogens (tertiary/aromatic N) is 3. The normalized spacial score (nSPS) is 17.8. The molecule has 0 aliphatic carbocycles. The van der Waals surface area contributed by atoms with Crippen LogP contribution in [0.15, 0.2) is 34.3 Å². The van der Waals surface area contributed by atoms with Gasteiger partial charge in [0.25, 0.3) is 5.91 Å². The smallest absolute Gasteiger partial charge is 0.409 e. The Morgan fingerprint density at radius 2 is 1.69 bits per heavy atom. The van der Waals surface area contributed by atoms with E-state index in [9.17, 15) is 18.0 Å². The zero-order chi connectivity index (χ0) is 20.9. The molecule has 2 aliphatic rings. The van der Waals surface area contributed by atoms with Gasteiger partial charge in [-0.05, 0) is 44.0 Å². The average molecular weight is 423 g/mol. The highest BCUT2D eigenvalue weighted by molar-refractivity contribution is 7.89. The average Bonchev–Trinajstić information content (AvgIpc) is 3.28. The monoisotopic (exact) mass is 422 g/mol. The van der Waals surface area contributed by atoms with Gasteiger partial charge in [-0.1, -0.05) is 0 Å². The minimum absolute atomic E-state index is 0.189. The highest BCUT2D eigenvalue weighted by atomic mass is 32.2. The number of piperidine rings is 1. The minimum Gasteiger partial charge on any atom is -0.450 e. The summed E-state index contributed by atoms with van der Waals surface area (Å²) in [6.45, 7) is 4.17. The van der Waals surface area contributed by atoms with Crippen LogP contribution in [0.3, 0.4) is 0 Å². The molecule has 0 spiro atoms. The Kier molecular flexibility index (Phi) is 6.86. The first-order valence-electron chi connectivity index (χ1n) is 9.79. The summed E-state index contributed by atoms with van der Waals surface area (Å²) < 4.78 is 31.5. The molecule has 158 valence electrons. The summed E-state index contributed by atoms with van der Waals surface area (Å²) in [4.78, 5) is 25.8. The Morgan fingerprint density at radius 1 is 1.07 bits per heavy atom. The summed E-state index contributed by atoms with van der Waals surface area (Å²) >= 11 is 0. The zero-order valence-corrected chi connectivity index (χ0v) is 17.3. The fourth-order valence-corrected chi connectivity index (χ4v) is 4.84. The van der Waals surface area contributed by atoms with E-state index in [0.717, 1.165) is 18.6 Å². The van der Waals surface area contributed by atoms with Crippen LogP contribution in [0.25, 0.3) is 0 Å². The second-order valence-corrected chi connectivity index (χ2v) is 8.88. The van der Waals surface area contributed by atoms with Crippen molar-refractivity contribution in [1.29, 1.82) is 0 Å². The summed E-state index contributed by atoms with van der Waals surface area (Å²) in [6, 6.07) is 5.88. The van der Waals surface area contributed by atoms with Crippen molar-refractivity contribution in [2.45, 2.75) is 37.5 Å². The van der Waals surface area contributed by atoms with Gasteiger partial charge in [0.1, 0.15) is 0 Å². The number of rotatable bonds is 5. The van der Waals surface area contributed by atoms with Gasteiger partial charge in [-0.3, -0.25) is 4.79 Å². The SMILES string of the molecule is CCOC(=O)N1CCC(=NNC(=O)c2ccc(S(=O)(=O)N3CCCC3)cc2)CC1. The lowest BCUT2D eigenvalue weighted by Crippen LogP contribution is -2.39. The topological polar surface area (TPSA) is 108 Å². The third kappa shape index (κ3) is 5.13. The Bertz CT molecular complexity index is 866. The number of hydrogen-bond acceptors (Lipinski definition) is 6. The van der Waals surface area contributed by atoms with Crippen LogP contribution in [-0.2, 0) is 14.8 Å². The van der Waals surface area contributed by atoms with Gasteiger partial charge in [-0.2, -0.15) is 9.41 Å². The summed E-state index contributed by atoms with van der Waals surface area (Å²) in [5, 5.41) is 4.15. The molecular formula is C19H26N4O5S. The molecule has 1 aromatic rings. The second kappa shape index (κ2) is 9.36. The molecule has 2 saturated heterocycles. The Morgan fingerprint density at radius 3 is 2.28 bits per heavy atom. The molecule has 2 heterocycles. The van der Waals surface area contributed by atoms with E-state index in [1.807, 2.05) is 0 Å². The Balaban J connectivity index is 1.55. The fourth-order valence-electron chi connectivity index (χ4n) is 3.32. The van der Waals surface area contributed by atoms with Crippen LogP contribution in [0.5, 0.6) is 0 Å². The summed E-state index contributed by atoms with van der Waals surface area (Å²) in [7, 11) is -3.50. The van der Waals surface area contributed by atoms with Crippen LogP contribution < -0.4 is 5.43 Å². The lowest BCUT2D eigenvalue weighted by molar-refractivity contribution is 0.0951.